The number of hydrogen-bond acceptors (Lipinski definition) is 2. The summed E-state index contributed by atoms with van der Waals surface area (Å²) in [5, 5.41) is 6.85. The van der Waals surface area contributed by atoms with E-state index in [1.54, 1.807) is 0 Å². The van der Waals surface area contributed by atoms with Crippen LogP contribution < -0.4 is 10.6 Å². The average molecular weight is 267 g/mol. The van der Waals surface area contributed by atoms with Gasteiger partial charge in [-0.05, 0) is 50.4 Å². The summed E-state index contributed by atoms with van der Waals surface area (Å²) in [6, 6.07) is 5.65. The lowest BCUT2D eigenvalue weighted by atomic mass is 9.93. The summed E-state index contributed by atoms with van der Waals surface area (Å²) in [4.78, 5) is 12.4. The molecule has 4 heteroatoms. The fourth-order valence-corrected chi connectivity index (χ4v) is 2.60. The molecule has 2 N–H and O–H groups in total. The summed E-state index contributed by atoms with van der Waals surface area (Å²) < 4.78 is 0. The van der Waals surface area contributed by atoms with Gasteiger partial charge >= 0.3 is 0 Å². The quantitative estimate of drug-likeness (QED) is 0.883. The molecule has 0 radical (unpaired) electrons. The number of carbonyl (C=O) groups is 1. The second kappa shape index (κ2) is 5.29. The minimum atomic E-state index is -0.424. The Labute approximate surface area is 113 Å². The number of carbonyl (C=O) groups excluding carboxylic acids is 1. The minimum absolute atomic E-state index is 0.0231. The first kappa shape index (κ1) is 13.4. The van der Waals surface area contributed by atoms with Crippen molar-refractivity contribution in [2.24, 2.45) is 0 Å². The Morgan fingerprint density at radius 1 is 1.56 bits per heavy atom. The van der Waals surface area contributed by atoms with Crippen LogP contribution in [0.25, 0.3) is 0 Å². The Hall–Kier alpha value is -1.06. The standard InChI is InChI=1S/C14H19ClN2O/c1-3-14(7-4-8-16-14)13(18)17-12-9-10(2)5-6-11(12)15/h5-6,9,16H,3-4,7-8H2,1-2H3,(H,17,18). The molecule has 1 aromatic carbocycles. The van der Waals surface area contributed by atoms with Gasteiger partial charge < -0.3 is 10.6 Å². The zero-order valence-electron chi connectivity index (χ0n) is 10.8. The van der Waals surface area contributed by atoms with E-state index in [1.165, 1.54) is 0 Å². The van der Waals surface area contributed by atoms with E-state index in [-0.39, 0.29) is 5.91 Å². The fraction of sp³-hybridized carbons (Fsp3) is 0.500. The van der Waals surface area contributed by atoms with Gasteiger partial charge in [-0.15, -0.1) is 0 Å². The normalized spacial score (nSPS) is 23.1. The third-order valence-corrected chi connectivity index (χ3v) is 3.98. The van der Waals surface area contributed by atoms with Gasteiger partial charge in [-0.3, -0.25) is 4.79 Å². The number of anilines is 1. The van der Waals surface area contributed by atoms with Gasteiger partial charge in [-0.25, -0.2) is 0 Å². The van der Waals surface area contributed by atoms with Gasteiger partial charge in [0.1, 0.15) is 0 Å². The fourth-order valence-electron chi connectivity index (χ4n) is 2.44. The van der Waals surface area contributed by atoms with E-state index < -0.39 is 5.54 Å². The highest BCUT2D eigenvalue weighted by Gasteiger charge is 2.39. The van der Waals surface area contributed by atoms with Crippen molar-refractivity contribution in [3.63, 3.8) is 0 Å². The summed E-state index contributed by atoms with van der Waals surface area (Å²) in [5.41, 5.74) is 1.36. The van der Waals surface area contributed by atoms with Crippen molar-refractivity contribution in [3.8, 4) is 0 Å². The van der Waals surface area contributed by atoms with E-state index in [4.69, 9.17) is 11.6 Å². The van der Waals surface area contributed by atoms with Crippen molar-refractivity contribution < 1.29 is 4.79 Å². The van der Waals surface area contributed by atoms with E-state index in [0.29, 0.717) is 10.7 Å². The molecule has 0 bridgehead atoms. The lowest BCUT2D eigenvalue weighted by molar-refractivity contribution is -0.122. The highest BCUT2D eigenvalue weighted by Crippen LogP contribution is 2.28. The highest BCUT2D eigenvalue weighted by atomic mass is 35.5. The van der Waals surface area contributed by atoms with E-state index in [9.17, 15) is 4.79 Å². The topological polar surface area (TPSA) is 41.1 Å². The van der Waals surface area contributed by atoms with Gasteiger partial charge in [0.2, 0.25) is 5.91 Å². The van der Waals surface area contributed by atoms with E-state index >= 15 is 0 Å². The molecule has 0 saturated carbocycles. The lowest BCUT2D eigenvalue weighted by Crippen LogP contribution is -2.50. The van der Waals surface area contributed by atoms with Crippen LogP contribution in [-0.2, 0) is 4.79 Å². The molecule has 1 fully saturated rings. The monoisotopic (exact) mass is 266 g/mol. The maximum absolute atomic E-state index is 12.4. The SMILES string of the molecule is CCC1(C(=O)Nc2cc(C)ccc2Cl)CCCN1. The predicted molar refractivity (Wildman–Crippen MR) is 75.1 cm³/mol. The summed E-state index contributed by atoms with van der Waals surface area (Å²) in [5.74, 6) is 0.0231. The molecular weight excluding hydrogens is 248 g/mol. The highest BCUT2D eigenvalue weighted by molar-refractivity contribution is 6.33. The van der Waals surface area contributed by atoms with Crippen LogP contribution in [0.15, 0.2) is 18.2 Å². The van der Waals surface area contributed by atoms with Gasteiger partial charge in [0, 0.05) is 0 Å². The Balaban J connectivity index is 2.18. The minimum Gasteiger partial charge on any atom is -0.323 e. The molecule has 1 amide bonds. The Kier molecular flexibility index (Phi) is 3.93. The predicted octanol–water partition coefficient (Wildman–Crippen LogP) is 3.12. The lowest BCUT2D eigenvalue weighted by Gasteiger charge is -2.27. The zero-order valence-corrected chi connectivity index (χ0v) is 11.6. The average Bonchev–Trinajstić information content (AvgIpc) is 2.84. The molecule has 1 heterocycles. The number of hydrogen-bond donors (Lipinski definition) is 2. The first-order valence-corrected chi connectivity index (χ1v) is 6.78. The van der Waals surface area contributed by atoms with Crippen molar-refractivity contribution in [1.29, 1.82) is 0 Å². The maximum atomic E-state index is 12.4. The van der Waals surface area contributed by atoms with Gasteiger partial charge in [-0.1, -0.05) is 24.6 Å². The van der Waals surface area contributed by atoms with Crippen LogP contribution in [0.5, 0.6) is 0 Å². The van der Waals surface area contributed by atoms with Crippen LogP contribution in [0, 0.1) is 6.92 Å². The second-order valence-electron chi connectivity index (χ2n) is 4.90. The first-order valence-electron chi connectivity index (χ1n) is 6.40. The molecular formula is C14H19ClN2O. The number of aryl methyl sites for hydroxylation is 1. The Morgan fingerprint density at radius 3 is 2.94 bits per heavy atom. The second-order valence-corrected chi connectivity index (χ2v) is 5.31. The molecule has 0 aliphatic carbocycles. The van der Waals surface area contributed by atoms with E-state index in [2.05, 4.69) is 10.6 Å². The van der Waals surface area contributed by atoms with Crippen LogP contribution >= 0.6 is 11.6 Å². The molecule has 2 rings (SSSR count). The zero-order chi connectivity index (χ0) is 13.2. The molecule has 1 unspecified atom stereocenters. The molecule has 1 saturated heterocycles. The maximum Gasteiger partial charge on any atom is 0.244 e. The summed E-state index contributed by atoms with van der Waals surface area (Å²) in [6.07, 6.45) is 2.73. The Morgan fingerprint density at radius 2 is 2.33 bits per heavy atom. The van der Waals surface area contributed by atoms with Crippen molar-refractivity contribution >= 4 is 23.2 Å². The molecule has 1 aliphatic rings. The number of nitrogens with one attached hydrogen (secondary N) is 2. The smallest absolute Gasteiger partial charge is 0.244 e. The van der Waals surface area contributed by atoms with Gasteiger partial charge in [0.15, 0.2) is 0 Å². The summed E-state index contributed by atoms with van der Waals surface area (Å²) in [6.45, 7) is 4.92. The third-order valence-electron chi connectivity index (χ3n) is 3.65. The van der Waals surface area contributed by atoms with Crippen molar-refractivity contribution in [2.45, 2.75) is 38.6 Å². The number of amides is 1. The van der Waals surface area contributed by atoms with Crippen LogP contribution in [0.2, 0.25) is 5.02 Å². The van der Waals surface area contributed by atoms with E-state index in [0.717, 1.165) is 31.4 Å². The van der Waals surface area contributed by atoms with Gasteiger partial charge in [0.05, 0.1) is 16.2 Å². The molecule has 1 aliphatic heterocycles. The molecule has 98 valence electrons. The van der Waals surface area contributed by atoms with E-state index in [1.807, 2.05) is 32.0 Å². The number of rotatable bonds is 3. The third kappa shape index (κ3) is 2.52. The molecule has 18 heavy (non-hydrogen) atoms. The van der Waals surface area contributed by atoms with Crippen LogP contribution in [0.3, 0.4) is 0 Å². The number of benzene rings is 1. The largest absolute Gasteiger partial charge is 0.323 e. The van der Waals surface area contributed by atoms with Crippen LogP contribution in [0.1, 0.15) is 31.7 Å². The summed E-state index contributed by atoms with van der Waals surface area (Å²) >= 11 is 6.10. The summed E-state index contributed by atoms with van der Waals surface area (Å²) in [7, 11) is 0. The first-order chi connectivity index (χ1) is 8.57. The molecule has 1 aromatic rings. The van der Waals surface area contributed by atoms with Crippen LogP contribution in [0.4, 0.5) is 5.69 Å². The van der Waals surface area contributed by atoms with Crippen molar-refractivity contribution in [2.75, 3.05) is 11.9 Å². The van der Waals surface area contributed by atoms with Crippen molar-refractivity contribution in [3.05, 3.63) is 28.8 Å². The molecule has 0 aromatic heterocycles. The molecule has 1 atom stereocenters. The van der Waals surface area contributed by atoms with Gasteiger partial charge in [0.25, 0.3) is 0 Å². The molecule has 3 nitrogen and oxygen atoms in total. The van der Waals surface area contributed by atoms with Crippen LogP contribution in [-0.4, -0.2) is 18.0 Å². The Bertz CT molecular complexity index is 453. The number of halogens is 1. The van der Waals surface area contributed by atoms with Gasteiger partial charge in [-0.2, -0.15) is 0 Å². The van der Waals surface area contributed by atoms with Crippen molar-refractivity contribution in [1.82, 2.24) is 5.32 Å². The molecule has 0 spiro atoms.